The van der Waals surface area contributed by atoms with E-state index >= 15 is 0 Å². The largest absolute Gasteiger partial charge is 0.481 e. The van der Waals surface area contributed by atoms with Crippen molar-refractivity contribution in [3.63, 3.8) is 0 Å². The molecular weight excluding hydrogens is 300 g/mol. The van der Waals surface area contributed by atoms with Gasteiger partial charge in [0.1, 0.15) is 5.75 Å². The number of esters is 1. The summed E-state index contributed by atoms with van der Waals surface area (Å²) in [6.45, 7) is 3.93. The van der Waals surface area contributed by atoms with Crippen molar-refractivity contribution in [3.05, 3.63) is 29.8 Å². The second-order valence-electron chi connectivity index (χ2n) is 4.84. The lowest BCUT2D eigenvalue weighted by atomic mass is 10.2. The molecule has 0 saturated heterocycles. The van der Waals surface area contributed by atoms with Gasteiger partial charge >= 0.3 is 12.0 Å². The summed E-state index contributed by atoms with van der Waals surface area (Å²) in [6, 6.07) is 5.66. The summed E-state index contributed by atoms with van der Waals surface area (Å²) < 4.78 is 10.5. The average molecular weight is 322 g/mol. The van der Waals surface area contributed by atoms with Crippen molar-refractivity contribution in [2.75, 3.05) is 13.7 Å². The van der Waals surface area contributed by atoms with E-state index in [1.165, 1.54) is 14.0 Å². The van der Waals surface area contributed by atoms with Crippen LogP contribution < -0.4 is 15.4 Å². The summed E-state index contributed by atoms with van der Waals surface area (Å²) >= 11 is 0. The quantitative estimate of drug-likeness (QED) is 0.590. The maximum atomic E-state index is 11.7. The minimum atomic E-state index is -0.852. The summed E-state index contributed by atoms with van der Waals surface area (Å²) in [7, 11) is 1.41. The zero-order valence-electron chi connectivity index (χ0n) is 13.5. The van der Waals surface area contributed by atoms with E-state index in [9.17, 15) is 14.4 Å². The van der Waals surface area contributed by atoms with Gasteiger partial charge in [-0.3, -0.25) is 10.1 Å². The first-order valence-corrected chi connectivity index (χ1v) is 7.44. The van der Waals surface area contributed by atoms with Crippen LogP contribution in [0.15, 0.2) is 24.3 Å². The third-order valence-corrected chi connectivity index (χ3v) is 2.97. The molecule has 0 aliphatic heterocycles. The summed E-state index contributed by atoms with van der Waals surface area (Å²) in [5.41, 5.74) is 0.413. The predicted molar refractivity (Wildman–Crippen MR) is 84.3 cm³/mol. The van der Waals surface area contributed by atoms with Crippen molar-refractivity contribution >= 4 is 17.9 Å². The second-order valence-corrected chi connectivity index (χ2v) is 4.84. The SMILES string of the molecule is CCCCOC(=O)c1ccc(O[C@@H](C)C(=O)NC(=O)NC)cc1. The maximum absolute atomic E-state index is 11.7. The lowest BCUT2D eigenvalue weighted by Gasteiger charge is -2.14. The fraction of sp³-hybridized carbons (Fsp3) is 0.438. The Morgan fingerprint density at radius 2 is 1.83 bits per heavy atom. The van der Waals surface area contributed by atoms with E-state index in [0.717, 1.165) is 12.8 Å². The van der Waals surface area contributed by atoms with Gasteiger partial charge in [-0.2, -0.15) is 0 Å². The van der Waals surface area contributed by atoms with E-state index in [4.69, 9.17) is 9.47 Å². The van der Waals surface area contributed by atoms with Gasteiger partial charge in [0.15, 0.2) is 6.10 Å². The van der Waals surface area contributed by atoms with E-state index in [-0.39, 0.29) is 0 Å². The van der Waals surface area contributed by atoms with Gasteiger partial charge in [-0.25, -0.2) is 9.59 Å². The van der Waals surface area contributed by atoms with Gasteiger partial charge in [0, 0.05) is 7.05 Å². The number of urea groups is 1. The molecule has 0 saturated carbocycles. The number of hydrogen-bond acceptors (Lipinski definition) is 5. The minimum absolute atomic E-state index is 0.393. The molecule has 0 aliphatic carbocycles. The Morgan fingerprint density at radius 1 is 1.17 bits per heavy atom. The Hall–Kier alpha value is -2.57. The highest BCUT2D eigenvalue weighted by molar-refractivity contribution is 5.96. The molecule has 1 aromatic carbocycles. The number of carbonyl (C=O) groups is 3. The summed E-state index contributed by atoms with van der Waals surface area (Å²) in [5.74, 6) is -0.544. The number of unbranched alkanes of at least 4 members (excludes halogenated alkanes) is 1. The molecule has 3 amide bonds. The van der Waals surface area contributed by atoms with Gasteiger partial charge in [0.05, 0.1) is 12.2 Å². The number of rotatable bonds is 7. The monoisotopic (exact) mass is 322 g/mol. The van der Waals surface area contributed by atoms with Crippen LogP contribution in [0.1, 0.15) is 37.0 Å². The average Bonchev–Trinajstić information content (AvgIpc) is 2.55. The second kappa shape index (κ2) is 9.45. The lowest BCUT2D eigenvalue weighted by molar-refractivity contribution is -0.126. The molecule has 0 unspecified atom stereocenters. The van der Waals surface area contributed by atoms with Crippen molar-refractivity contribution in [3.8, 4) is 5.75 Å². The van der Waals surface area contributed by atoms with Gasteiger partial charge < -0.3 is 14.8 Å². The molecule has 7 heteroatoms. The molecule has 0 spiro atoms. The van der Waals surface area contributed by atoms with Gasteiger partial charge in [-0.15, -0.1) is 0 Å². The van der Waals surface area contributed by atoms with Crippen LogP contribution in [0, 0.1) is 0 Å². The van der Waals surface area contributed by atoms with E-state index in [1.807, 2.05) is 6.92 Å². The van der Waals surface area contributed by atoms with Crippen molar-refractivity contribution in [1.29, 1.82) is 0 Å². The molecule has 126 valence electrons. The molecule has 0 heterocycles. The Labute approximate surface area is 135 Å². The molecule has 23 heavy (non-hydrogen) atoms. The highest BCUT2D eigenvalue weighted by Gasteiger charge is 2.17. The number of imide groups is 1. The van der Waals surface area contributed by atoms with Crippen molar-refractivity contribution in [2.45, 2.75) is 32.8 Å². The highest BCUT2D eigenvalue weighted by Crippen LogP contribution is 2.15. The Bertz CT molecular complexity index is 542. The van der Waals surface area contributed by atoms with Crippen molar-refractivity contribution < 1.29 is 23.9 Å². The smallest absolute Gasteiger partial charge is 0.338 e. The van der Waals surface area contributed by atoms with E-state index in [1.54, 1.807) is 24.3 Å². The normalized spacial score (nSPS) is 11.3. The van der Waals surface area contributed by atoms with Crippen LogP contribution in [0.2, 0.25) is 0 Å². The third kappa shape index (κ3) is 6.37. The topological polar surface area (TPSA) is 93.7 Å². The number of amides is 3. The number of benzene rings is 1. The first-order chi connectivity index (χ1) is 11.0. The Balaban J connectivity index is 2.54. The van der Waals surface area contributed by atoms with E-state index in [0.29, 0.717) is 17.9 Å². The van der Waals surface area contributed by atoms with Crippen LogP contribution >= 0.6 is 0 Å². The Morgan fingerprint density at radius 3 is 2.39 bits per heavy atom. The minimum Gasteiger partial charge on any atom is -0.481 e. The van der Waals surface area contributed by atoms with Gasteiger partial charge in [-0.1, -0.05) is 13.3 Å². The maximum Gasteiger partial charge on any atom is 0.338 e. The van der Waals surface area contributed by atoms with Crippen LogP contribution in [-0.2, 0) is 9.53 Å². The fourth-order valence-electron chi connectivity index (χ4n) is 1.60. The van der Waals surface area contributed by atoms with Crippen LogP contribution in [0.4, 0.5) is 4.79 Å². The first kappa shape index (κ1) is 18.5. The molecule has 7 nitrogen and oxygen atoms in total. The summed E-state index contributed by atoms with van der Waals surface area (Å²) in [4.78, 5) is 34.5. The van der Waals surface area contributed by atoms with E-state index < -0.39 is 24.0 Å². The number of hydrogen-bond donors (Lipinski definition) is 2. The first-order valence-electron chi connectivity index (χ1n) is 7.44. The molecule has 1 rings (SSSR count). The van der Waals surface area contributed by atoms with Crippen molar-refractivity contribution in [1.82, 2.24) is 10.6 Å². The molecule has 1 aromatic rings. The third-order valence-electron chi connectivity index (χ3n) is 2.97. The zero-order chi connectivity index (χ0) is 17.2. The molecule has 0 radical (unpaired) electrons. The number of carbonyl (C=O) groups excluding carboxylic acids is 3. The fourth-order valence-corrected chi connectivity index (χ4v) is 1.60. The summed E-state index contributed by atoms with van der Waals surface area (Å²) in [5, 5.41) is 4.40. The van der Waals surface area contributed by atoms with E-state index in [2.05, 4.69) is 10.6 Å². The standard InChI is InChI=1S/C16H22N2O5/c1-4-5-10-22-15(20)12-6-8-13(9-7-12)23-11(2)14(19)18-16(21)17-3/h6-9,11H,4-5,10H2,1-3H3,(H2,17,18,19,21)/t11-/m0/s1. The van der Waals surface area contributed by atoms with Gasteiger partial charge in [-0.05, 0) is 37.6 Å². The number of nitrogens with one attached hydrogen (secondary N) is 2. The lowest BCUT2D eigenvalue weighted by Crippen LogP contribution is -2.43. The molecule has 0 aromatic heterocycles. The zero-order valence-corrected chi connectivity index (χ0v) is 13.5. The highest BCUT2D eigenvalue weighted by atomic mass is 16.5. The molecule has 0 fully saturated rings. The molecular formula is C16H22N2O5. The molecule has 1 atom stereocenters. The van der Waals surface area contributed by atoms with Crippen molar-refractivity contribution in [2.24, 2.45) is 0 Å². The molecule has 0 aliphatic rings. The predicted octanol–water partition coefficient (Wildman–Crippen LogP) is 1.87. The van der Waals surface area contributed by atoms with Gasteiger partial charge in [0.25, 0.3) is 5.91 Å². The van der Waals surface area contributed by atoms with Crippen LogP contribution in [-0.4, -0.2) is 37.7 Å². The van der Waals surface area contributed by atoms with Crippen LogP contribution in [0.3, 0.4) is 0 Å². The summed E-state index contributed by atoms with van der Waals surface area (Å²) in [6.07, 6.45) is 0.927. The van der Waals surface area contributed by atoms with Crippen LogP contribution in [0.5, 0.6) is 5.75 Å². The molecule has 2 N–H and O–H groups in total. The Kier molecular flexibility index (Phi) is 7.59. The van der Waals surface area contributed by atoms with Gasteiger partial charge in [0.2, 0.25) is 0 Å². The number of ether oxygens (including phenoxy) is 2. The molecule has 0 bridgehead atoms. The van der Waals surface area contributed by atoms with Crippen LogP contribution in [0.25, 0.3) is 0 Å².